The zero-order valence-electron chi connectivity index (χ0n) is 11.3. The second kappa shape index (κ2) is 5.64. The third-order valence-electron chi connectivity index (χ3n) is 2.97. The zero-order chi connectivity index (χ0) is 15.8. The molecule has 0 aliphatic rings. The van der Waals surface area contributed by atoms with E-state index in [1.54, 1.807) is 13.8 Å². The van der Waals surface area contributed by atoms with E-state index in [4.69, 9.17) is 11.6 Å². The Kier molecular flexibility index (Phi) is 4.23. The topological polar surface area (TPSA) is 12.9 Å². The SMILES string of the molecule is CC(C)c1ncc(-c2cc(F)cc(Cl)c2)cc1C(F)(F)F. The Hall–Kier alpha value is -1.62. The molecule has 1 heterocycles. The summed E-state index contributed by atoms with van der Waals surface area (Å²) < 4.78 is 52.7. The summed E-state index contributed by atoms with van der Waals surface area (Å²) in [7, 11) is 0. The van der Waals surface area contributed by atoms with Crippen LogP contribution in [0.2, 0.25) is 5.02 Å². The van der Waals surface area contributed by atoms with Gasteiger partial charge in [0.25, 0.3) is 0 Å². The number of aromatic nitrogens is 1. The van der Waals surface area contributed by atoms with E-state index in [2.05, 4.69) is 4.98 Å². The van der Waals surface area contributed by atoms with Crippen LogP contribution in [0.25, 0.3) is 11.1 Å². The fraction of sp³-hybridized carbons (Fsp3) is 0.267. The molecule has 0 fully saturated rings. The van der Waals surface area contributed by atoms with Crippen molar-refractivity contribution in [2.24, 2.45) is 0 Å². The van der Waals surface area contributed by atoms with Crippen molar-refractivity contribution < 1.29 is 17.6 Å². The van der Waals surface area contributed by atoms with Crippen LogP contribution < -0.4 is 0 Å². The fourth-order valence-corrected chi connectivity index (χ4v) is 2.26. The molecule has 0 aliphatic carbocycles. The van der Waals surface area contributed by atoms with Gasteiger partial charge in [-0.15, -0.1) is 0 Å². The molecule has 0 saturated carbocycles. The van der Waals surface area contributed by atoms with E-state index in [1.165, 1.54) is 12.3 Å². The number of benzene rings is 1. The summed E-state index contributed by atoms with van der Waals surface area (Å²) in [5.41, 5.74) is -0.412. The molecule has 2 aromatic rings. The Bertz CT molecular complexity index is 645. The van der Waals surface area contributed by atoms with Crippen molar-refractivity contribution in [2.45, 2.75) is 25.9 Å². The third kappa shape index (κ3) is 3.53. The number of pyridine rings is 1. The summed E-state index contributed by atoms with van der Waals surface area (Å²) >= 11 is 5.73. The van der Waals surface area contributed by atoms with Gasteiger partial charge in [0, 0.05) is 16.8 Å². The van der Waals surface area contributed by atoms with E-state index in [9.17, 15) is 17.6 Å². The number of hydrogen-bond donors (Lipinski definition) is 0. The predicted molar refractivity (Wildman–Crippen MR) is 73.7 cm³/mol. The van der Waals surface area contributed by atoms with Gasteiger partial charge >= 0.3 is 6.18 Å². The number of rotatable bonds is 2. The largest absolute Gasteiger partial charge is 0.418 e. The molecule has 0 saturated heterocycles. The van der Waals surface area contributed by atoms with Crippen molar-refractivity contribution in [3.05, 3.63) is 52.6 Å². The number of nitrogens with zero attached hydrogens (tertiary/aromatic N) is 1. The highest BCUT2D eigenvalue weighted by atomic mass is 35.5. The molecule has 0 aliphatic heterocycles. The molecule has 1 nitrogen and oxygen atoms in total. The minimum absolute atomic E-state index is 0.0336. The maximum atomic E-state index is 13.3. The average Bonchev–Trinajstić information content (AvgIpc) is 2.35. The van der Waals surface area contributed by atoms with E-state index >= 15 is 0 Å². The summed E-state index contributed by atoms with van der Waals surface area (Å²) in [6.07, 6.45) is -3.21. The highest BCUT2D eigenvalue weighted by Gasteiger charge is 2.35. The number of halogens is 5. The van der Waals surface area contributed by atoms with Crippen LogP contribution in [-0.2, 0) is 6.18 Å². The fourth-order valence-electron chi connectivity index (χ4n) is 2.04. The van der Waals surface area contributed by atoms with Crippen LogP contribution in [0.15, 0.2) is 30.5 Å². The van der Waals surface area contributed by atoms with Gasteiger partial charge in [-0.3, -0.25) is 4.98 Å². The predicted octanol–water partition coefficient (Wildman–Crippen LogP) is 5.68. The van der Waals surface area contributed by atoms with Crippen LogP contribution in [0.1, 0.15) is 31.0 Å². The lowest BCUT2D eigenvalue weighted by atomic mass is 9.99. The van der Waals surface area contributed by atoms with Crippen molar-refractivity contribution in [3.8, 4) is 11.1 Å². The van der Waals surface area contributed by atoms with Gasteiger partial charge in [0.1, 0.15) is 5.82 Å². The minimum Gasteiger partial charge on any atom is -0.260 e. The van der Waals surface area contributed by atoms with E-state index in [0.717, 1.165) is 18.2 Å². The van der Waals surface area contributed by atoms with Crippen molar-refractivity contribution in [2.75, 3.05) is 0 Å². The van der Waals surface area contributed by atoms with Gasteiger partial charge in [0.15, 0.2) is 0 Å². The van der Waals surface area contributed by atoms with Gasteiger partial charge in [-0.25, -0.2) is 4.39 Å². The van der Waals surface area contributed by atoms with Crippen molar-refractivity contribution in [3.63, 3.8) is 0 Å². The molecule has 0 amide bonds. The summed E-state index contributed by atoms with van der Waals surface area (Å²) in [6, 6.07) is 4.59. The van der Waals surface area contributed by atoms with Crippen LogP contribution in [0, 0.1) is 5.82 Å². The zero-order valence-corrected chi connectivity index (χ0v) is 12.1. The Morgan fingerprint density at radius 1 is 1.05 bits per heavy atom. The van der Waals surface area contributed by atoms with Crippen molar-refractivity contribution >= 4 is 11.6 Å². The lowest BCUT2D eigenvalue weighted by Gasteiger charge is -2.16. The summed E-state index contributed by atoms with van der Waals surface area (Å²) in [5, 5.41) is 0.117. The van der Waals surface area contributed by atoms with Crippen LogP contribution in [0.3, 0.4) is 0 Å². The van der Waals surface area contributed by atoms with Gasteiger partial charge in [0.2, 0.25) is 0 Å². The summed E-state index contributed by atoms with van der Waals surface area (Å²) in [6.45, 7) is 3.27. The molecule has 6 heteroatoms. The summed E-state index contributed by atoms with van der Waals surface area (Å²) in [4.78, 5) is 3.89. The Balaban J connectivity index is 2.61. The van der Waals surface area contributed by atoms with Gasteiger partial charge in [-0.05, 0) is 35.7 Å². The lowest BCUT2D eigenvalue weighted by Crippen LogP contribution is -2.12. The standard InChI is InChI=1S/C15H12ClF4N/c1-8(2)14-13(15(18,19)20)5-10(7-21-14)9-3-11(16)6-12(17)4-9/h3-8H,1-2H3. The summed E-state index contributed by atoms with van der Waals surface area (Å²) in [5.74, 6) is -0.981. The second-order valence-corrected chi connectivity index (χ2v) is 5.40. The van der Waals surface area contributed by atoms with Gasteiger partial charge < -0.3 is 0 Å². The van der Waals surface area contributed by atoms with Crippen LogP contribution in [0.4, 0.5) is 17.6 Å². The van der Waals surface area contributed by atoms with Gasteiger partial charge in [-0.2, -0.15) is 13.2 Å². The molecule has 1 aromatic heterocycles. The van der Waals surface area contributed by atoms with Crippen LogP contribution in [0.5, 0.6) is 0 Å². The number of alkyl halides is 3. The van der Waals surface area contributed by atoms with E-state index in [0.29, 0.717) is 0 Å². The first-order chi connectivity index (χ1) is 9.68. The molecule has 0 N–H and O–H groups in total. The maximum absolute atomic E-state index is 13.3. The molecule has 0 unspecified atom stereocenters. The Labute approximate surface area is 124 Å². The van der Waals surface area contributed by atoms with Gasteiger partial charge in [-0.1, -0.05) is 25.4 Å². The molecule has 0 spiro atoms. The normalized spacial score (nSPS) is 12.0. The van der Waals surface area contributed by atoms with E-state index in [1.807, 2.05) is 0 Å². The number of hydrogen-bond acceptors (Lipinski definition) is 1. The van der Waals surface area contributed by atoms with Crippen LogP contribution >= 0.6 is 11.6 Å². The second-order valence-electron chi connectivity index (χ2n) is 4.97. The molecule has 0 atom stereocenters. The molecular weight excluding hydrogens is 306 g/mol. The van der Waals surface area contributed by atoms with Crippen LogP contribution in [-0.4, -0.2) is 4.98 Å². The van der Waals surface area contributed by atoms with Gasteiger partial charge in [0.05, 0.1) is 11.3 Å². The molecule has 2 rings (SSSR count). The van der Waals surface area contributed by atoms with E-state index in [-0.39, 0.29) is 27.8 Å². The van der Waals surface area contributed by atoms with E-state index < -0.39 is 17.6 Å². The Morgan fingerprint density at radius 2 is 1.71 bits per heavy atom. The highest BCUT2D eigenvalue weighted by molar-refractivity contribution is 6.30. The van der Waals surface area contributed by atoms with Crippen molar-refractivity contribution in [1.82, 2.24) is 4.98 Å². The molecule has 0 bridgehead atoms. The highest BCUT2D eigenvalue weighted by Crippen LogP contribution is 2.36. The smallest absolute Gasteiger partial charge is 0.260 e. The molecule has 112 valence electrons. The third-order valence-corrected chi connectivity index (χ3v) is 3.18. The Morgan fingerprint density at radius 3 is 2.24 bits per heavy atom. The quantitative estimate of drug-likeness (QED) is 0.649. The monoisotopic (exact) mass is 317 g/mol. The van der Waals surface area contributed by atoms with Crippen molar-refractivity contribution in [1.29, 1.82) is 0 Å². The molecule has 21 heavy (non-hydrogen) atoms. The molecule has 1 aromatic carbocycles. The first-order valence-electron chi connectivity index (χ1n) is 6.22. The first-order valence-corrected chi connectivity index (χ1v) is 6.60. The molecular formula is C15H12ClF4N. The lowest BCUT2D eigenvalue weighted by molar-refractivity contribution is -0.138. The average molecular weight is 318 g/mol. The molecule has 0 radical (unpaired) electrons. The minimum atomic E-state index is -4.51. The first kappa shape index (κ1) is 15.8. The maximum Gasteiger partial charge on any atom is 0.418 e.